The molecule has 33 nitrogen and oxygen atoms in total. The minimum atomic E-state index is -4.80. The van der Waals surface area contributed by atoms with Crippen molar-refractivity contribution in [2.45, 2.75) is 184 Å². The van der Waals surface area contributed by atoms with E-state index in [9.17, 15) is 95.2 Å². The minimum absolute atomic E-state index is 0.589. The highest BCUT2D eigenvalue weighted by molar-refractivity contribution is 7.86. The average molecular weight is 1110 g/mol. The van der Waals surface area contributed by atoms with Crippen molar-refractivity contribution in [3.63, 3.8) is 0 Å². The molecule has 0 aromatic rings. The third kappa shape index (κ3) is 12.4. The molecule has 12 bridgehead atoms. The fourth-order valence-corrected chi connectivity index (χ4v) is 10.5. The van der Waals surface area contributed by atoms with Crippen LogP contribution in [0.4, 0.5) is 0 Å². The fraction of sp³-hybridized carbons (Fsp3) is 1.00. The second-order valence-electron chi connectivity index (χ2n) is 18.0. The molecule has 0 unspecified atom stereocenters. The standard InChI is InChI=1S/C38H64O33S2/c39-3-9-26-15(45)20(50)33(59-9)66-27-10(4-40)61-35(22(52)17(27)47)68-29-12(6-42)63-37(24(54)19(29)49)70-31-14(8-44)64-38(25(55)32(31)71-73(56,57)2-1-58-72)69-30-13(7-43)62-36(23(53)18(30)48)67-28-11(5-41)60-34(65-26)21(51)16(28)46/h9-55,72H,1-8H2/t9-,10-,11-,12-,13-,14-,15-,16-,17-,18-,19-,20-,21-,22-,23-,24-,25-,26-,27-,28-,29-,30-,31+,32-,33-,34-,35-,36-,37-,38-/m1/s1. The van der Waals surface area contributed by atoms with E-state index in [2.05, 4.69) is 17.1 Å². The van der Waals surface area contributed by atoms with Crippen molar-refractivity contribution < 1.29 is 160 Å². The molecule has 0 saturated carbocycles. The third-order valence-electron chi connectivity index (χ3n) is 13.3. The van der Waals surface area contributed by atoms with E-state index >= 15 is 0 Å². The van der Waals surface area contributed by atoms with Gasteiger partial charge in [-0.15, -0.1) is 0 Å². The highest BCUT2D eigenvalue weighted by Crippen LogP contribution is 2.39. The molecule has 0 amide bonds. The highest BCUT2D eigenvalue weighted by Gasteiger charge is 2.59. The summed E-state index contributed by atoms with van der Waals surface area (Å²) < 4.78 is 105. The largest absolute Gasteiger partial charge is 0.394 e. The summed E-state index contributed by atoms with van der Waals surface area (Å²) in [7, 11) is -4.80. The van der Waals surface area contributed by atoms with Crippen LogP contribution in [0.5, 0.6) is 0 Å². The summed E-state index contributed by atoms with van der Waals surface area (Å²) in [5.74, 6) is -0.925. The van der Waals surface area contributed by atoms with Crippen LogP contribution in [-0.4, -0.2) is 331 Å². The van der Waals surface area contributed by atoms with Crippen LogP contribution in [0.3, 0.4) is 0 Å². The lowest BCUT2D eigenvalue weighted by atomic mass is 9.94. The van der Waals surface area contributed by atoms with Crippen LogP contribution < -0.4 is 0 Å². The van der Waals surface area contributed by atoms with E-state index in [-0.39, 0.29) is 0 Å². The molecule has 22 aliphatic heterocycles. The van der Waals surface area contributed by atoms with E-state index in [0.717, 1.165) is 0 Å². The molecule has 22 heterocycles. The number of hydrogen-bond donors (Lipinski definition) is 18. The van der Waals surface area contributed by atoms with Crippen molar-refractivity contribution in [2.24, 2.45) is 0 Å². The Morgan fingerprint density at radius 3 is 0.781 bits per heavy atom. The molecule has 35 heteroatoms. The van der Waals surface area contributed by atoms with Gasteiger partial charge in [0.2, 0.25) is 0 Å². The zero-order chi connectivity index (χ0) is 53.4. The van der Waals surface area contributed by atoms with Gasteiger partial charge in [-0.3, -0.25) is 4.18 Å². The van der Waals surface area contributed by atoms with E-state index in [4.69, 9.17) is 61.0 Å². The summed E-state index contributed by atoms with van der Waals surface area (Å²) in [5, 5.41) is 187. The first-order chi connectivity index (χ1) is 34.7. The lowest BCUT2D eigenvalue weighted by molar-refractivity contribution is -0.403. The van der Waals surface area contributed by atoms with Crippen molar-refractivity contribution in [1.82, 2.24) is 0 Å². The minimum Gasteiger partial charge on any atom is -0.394 e. The first-order valence-corrected chi connectivity index (χ1v) is 24.8. The molecule has 0 aromatic carbocycles. The Morgan fingerprint density at radius 1 is 0.329 bits per heavy atom. The summed E-state index contributed by atoms with van der Waals surface area (Å²) >= 11 is 3.51. The van der Waals surface area contributed by atoms with Crippen LogP contribution in [0.2, 0.25) is 0 Å². The van der Waals surface area contributed by atoms with E-state index < -0.39 is 246 Å². The molecule has 17 N–H and O–H groups in total. The lowest BCUT2D eigenvalue weighted by Gasteiger charge is -2.51. The number of rotatable bonds is 11. The van der Waals surface area contributed by atoms with Gasteiger partial charge < -0.3 is 148 Å². The second-order valence-corrected chi connectivity index (χ2v) is 20.0. The maximum absolute atomic E-state index is 13.2. The number of aliphatic hydroxyl groups is 17. The van der Waals surface area contributed by atoms with Gasteiger partial charge in [0.05, 0.1) is 46.2 Å². The quantitative estimate of drug-likeness (QED) is 0.0519. The molecule has 22 fully saturated rings. The van der Waals surface area contributed by atoms with Crippen LogP contribution in [0.1, 0.15) is 0 Å². The Morgan fingerprint density at radius 2 is 0.548 bits per heavy atom. The molecule has 22 saturated heterocycles. The van der Waals surface area contributed by atoms with Crippen molar-refractivity contribution in [3.8, 4) is 0 Å². The van der Waals surface area contributed by atoms with Crippen molar-refractivity contribution in [1.29, 1.82) is 0 Å². The van der Waals surface area contributed by atoms with Gasteiger partial charge in [-0.25, -0.2) is 0 Å². The van der Waals surface area contributed by atoms with Crippen LogP contribution in [0.15, 0.2) is 0 Å². The van der Waals surface area contributed by atoms with Gasteiger partial charge in [0, 0.05) is 0 Å². The summed E-state index contributed by atoms with van der Waals surface area (Å²) in [4.78, 5) is 0. The van der Waals surface area contributed by atoms with E-state index in [1.54, 1.807) is 0 Å². The van der Waals surface area contributed by atoms with Crippen molar-refractivity contribution in [3.05, 3.63) is 0 Å². The number of hydrogen-bond acceptors (Lipinski definition) is 34. The molecule has 426 valence electrons. The Kier molecular flexibility index (Phi) is 20.8. The molecule has 0 aromatic heterocycles. The van der Waals surface area contributed by atoms with E-state index in [1.807, 2.05) is 0 Å². The summed E-state index contributed by atoms with van der Waals surface area (Å²) in [6.45, 7) is -7.02. The van der Waals surface area contributed by atoms with Gasteiger partial charge in [-0.2, -0.15) is 8.42 Å². The maximum Gasteiger partial charge on any atom is 0.270 e. The molecule has 73 heavy (non-hydrogen) atoms. The SMILES string of the molecule is O=S(=O)(CCOS)O[C@@H]1[C@@H](O)[C@H]2O[C@H]3[C@H](O)[C@@H](O)[C@@H](O[C@H]4[C@H](O)[C@@H](O)[C@@H](O[C@H]5[C@H](O)[C@@H](O)[C@@H](O[C@H]6[C@H](O)[C@@H](O)[C@@H](O[C@H]7[C@H](O)[C@@H](O)[C@@H](O[C@H]1[C@@H](CO)O2)O[C@@H]7CO)O[C@@H]6CO)O[C@@H]5CO)O[C@@H]4CO)O[C@@H]3CO. The van der Waals surface area contributed by atoms with Gasteiger partial charge in [-0.1, -0.05) is 0 Å². The Bertz CT molecular complexity index is 1820. The number of aliphatic hydroxyl groups excluding tert-OH is 17. The second kappa shape index (κ2) is 25.5. The number of ether oxygens (including phenoxy) is 12. The van der Waals surface area contributed by atoms with Crippen molar-refractivity contribution in [2.75, 3.05) is 52.0 Å². The Labute approximate surface area is 418 Å². The van der Waals surface area contributed by atoms with Gasteiger partial charge >= 0.3 is 0 Å². The summed E-state index contributed by atoms with van der Waals surface area (Å²) in [6, 6.07) is 0. The molecule has 0 aliphatic carbocycles. The van der Waals surface area contributed by atoms with Gasteiger partial charge in [-0.05, 0) is 12.9 Å². The number of thiol groups is 1. The average Bonchev–Trinajstić information content (AvgIpc) is 3.37. The predicted octanol–water partition coefficient (Wildman–Crippen LogP) is -12.8. The molecule has 22 rings (SSSR count). The Balaban J connectivity index is 1.24. The maximum atomic E-state index is 13.2. The lowest BCUT2D eigenvalue weighted by Crippen LogP contribution is -2.69. The summed E-state index contributed by atoms with van der Waals surface area (Å²) in [6.07, 6.45) is -61.4. The van der Waals surface area contributed by atoms with Gasteiger partial charge in [0.15, 0.2) is 37.7 Å². The van der Waals surface area contributed by atoms with Crippen molar-refractivity contribution >= 4 is 23.0 Å². The Hall–Kier alpha value is -0.940. The molecule has 22 aliphatic rings. The first kappa shape index (κ1) is 59.7. The molecule has 0 spiro atoms. The predicted molar refractivity (Wildman–Crippen MR) is 223 cm³/mol. The third-order valence-corrected chi connectivity index (χ3v) is 14.7. The van der Waals surface area contributed by atoms with E-state index in [1.165, 1.54) is 0 Å². The first-order valence-electron chi connectivity index (χ1n) is 22.8. The van der Waals surface area contributed by atoms with Gasteiger partial charge in [0.25, 0.3) is 10.1 Å². The molecular formula is C38H64O33S2. The summed E-state index contributed by atoms with van der Waals surface area (Å²) in [5.41, 5.74) is 0. The zero-order valence-electron chi connectivity index (χ0n) is 38.0. The monoisotopic (exact) mass is 1110 g/mol. The molecular weight excluding hydrogens is 1050 g/mol. The smallest absolute Gasteiger partial charge is 0.270 e. The molecule has 0 radical (unpaired) electrons. The normalized spacial score (nSPS) is 51.4. The zero-order valence-corrected chi connectivity index (χ0v) is 39.7. The van der Waals surface area contributed by atoms with E-state index in [0.29, 0.717) is 0 Å². The van der Waals surface area contributed by atoms with Crippen LogP contribution in [0.25, 0.3) is 0 Å². The fourth-order valence-electron chi connectivity index (χ4n) is 9.38. The topological polar surface area (TPSA) is 507 Å². The van der Waals surface area contributed by atoms with Crippen LogP contribution in [-0.2, 0) is 75.3 Å². The van der Waals surface area contributed by atoms with Gasteiger partial charge in [0.1, 0.15) is 152 Å². The van der Waals surface area contributed by atoms with Crippen LogP contribution in [0, 0.1) is 0 Å². The molecule has 30 atom stereocenters. The highest BCUT2D eigenvalue weighted by atomic mass is 32.2. The van der Waals surface area contributed by atoms with Crippen LogP contribution >= 0.6 is 12.9 Å².